The maximum atomic E-state index is 12.0. The predicted molar refractivity (Wildman–Crippen MR) is 89.5 cm³/mol. The molecule has 1 saturated heterocycles. The Morgan fingerprint density at radius 2 is 1.83 bits per heavy atom. The van der Waals surface area contributed by atoms with E-state index < -0.39 is 9.84 Å². The average molecular weight is 340 g/mol. The fraction of sp³-hybridized carbons (Fsp3) is 0.562. The van der Waals surface area contributed by atoms with Gasteiger partial charge in [0.1, 0.15) is 5.75 Å². The first-order chi connectivity index (χ1) is 10.9. The quantitative estimate of drug-likeness (QED) is 0.880. The molecule has 1 aromatic rings. The molecular formula is C16H24N2O4S. The Bertz CT molecular complexity index is 612. The van der Waals surface area contributed by atoms with Crippen molar-refractivity contribution in [1.29, 1.82) is 0 Å². The summed E-state index contributed by atoms with van der Waals surface area (Å²) in [6.45, 7) is 5.03. The van der Waals surface area contributed by atoms with E-state index in [9.17, 15) is 13.2 Å². The van der Waals surface area contributed by atoms with Crippen molar-refractivity contribution in [2.75, 3.05) is 31.1 Å². The van der Waals surface area contributed by atoms with Crippen molar-refractivity contribution in [2.45, 2.75) is 26.4 Å². The fourth-order valence-corrected chi connectivity index (χ4v) is 3.55. The second-order valence-corrected chi connectivity index (χ2v) is 8.23. The molecule has 0 bridgehead atoms. The maximum absolute atomic E-state index is 12.0. The highest BCUT2D eigenvalue weighted by Crippen LogP contribution is 2.14. The highest BCUT2D eigenvalue weighted by atomic mass is 32.2. The van der Waals surface area contributed by atoms with Crippen LogP contribution in [0.5, 0.6) is 5.75 Å². The van der Waals surface area contributed by atoms with Gasteiger partial charge in [-0.05, 0) is 38.0 Å². The summed E-state index contributed by atoms with van der Waals surface area (Å²) < 4.78 is 28.3. The van der Waals surface area contributed by atoms with Crippen molar-refractivity contribution < 1.29 is 17.9 Å². The van der Waals surface area contributed by atoms with Gasteiger partial charge < -0.3 is 15.0 Å². The zero-order valence-electron chi connectivity index (χ0n) is 13.6. The zero-order chi connectivity index (χ0) is 16.9. The largest absolute Gasteiger partial charge is 0.491 e. The number of urea groups is 1. The minimum Gasteiger partial charge on any atom is -0.491 e. The molecule has 1 aromatic carbocycles. The van der Waals surface area contributed by atoms with E-state index in [1.807, 2.05) is 38.1 Å². The van der Waals surface area contributed by atoms with Gasteiger partial charge in [-0.25, -0.2) is 13.2 Å². The number of carbonyl (C=O) groups excluding carboxylic acids is 1. The molecule has 128 valence electrons. The van der Waals surface area contributed by atoms with Gasteiger partial charge in [-0.15, -0.1) is 0 Å². The first-order valence-corrected chi connectivity index (χ1v) is 9.67. The molecule has 6 nitrogen and oxygen atoms in total. The van der Waals surface area contributed by atoms with Gasteiger partial charge in [-0.2, -0.15) is 0 Å². The highest BCUT2D eigenvalue weighted by molar-refractivity contribution is 7.91. The molecule has 0 aromatic heterocycles. The molecule has 2 rings (SSSR count). The number of hydrogen-bond acceptors (Lipinski definition) is 4. The first-order valence-electron chi connectivity index (χ1n) is 7.84. The molecule has 1 N–H and O–H groups in total. The Hall–Kier alpha value is -1.76. The van der Waals surface area contributed by atoms with Gasteiger partial charge in [-0.1, -0.05) is 12.1 Å². The predicted octanol–water partition coefficient (Wildman–Crippen LogP) is 1.46. The monoisotopic (exact) mass is 340 g/mol. The van der Waals surface area contributed by atoms with Crippen LogP contribution in [0.4, 0.5) is 4.79 Å². The summed E-state index contributed by atoms with van der Waals surface area (Å²) >= 11 is 0. The minimum absolute atomic E-state index is 0.0533. The molecular weight excluding hydrogens is 316 g/mol. The normalized spacial score (nSPS) is 17.1. The lowest BCUT2D eigenvalue weighted by Gasteiger charge is -2.26. The van der Waals surface area contributed by atoms with Crippen LogP contribution in [0.3, 0.4) is 0 Å². The molecule has 1 aliphatic rings. The Balaban J connectivity index is 1.73. The molecule has 0 unspecified atom stereocenters. The summed E-state index contributed by atoms with van der Waals surface area (Å²) in [5.41, 5.74) is 1.11. The summed E-state index contributed by atoms with van der Waals surface area (Å²) in [5.74, 6) is 0.942. The van der Waals surface area contributed by atoms with Gasteiger partial charge in [0.05, 0.1) is 17.6 Å². The SMILES string of the molecule is CC(C)Oc1ccc(CCNC(=O)N2CCS(=O)(=O)CC2)cc1. The van der Waals surface area contributed by atoms with Crippen molar-refractivity contribution in [2.24, 2.45) is 0 Å². The number of benzene rings is 1. The van der Waals surface area contributed by atoms with E-state index in [1.54, 1.807) is 4.90 Å². The molecule has 0 atom stereocenters. The summed E-state index contributed by atoms with van der Waals surface area (Å²) in [4.78, 5) is 13.5. The standard InChI is InChI=1S/C16H24N2O4S/c1-13(2)22-15-5-3-14(4-6-15)7-8-17-16(19)18-9-11-23(20,21)12-10-18/h3-6,13H,7-12H2,1-2H3,(H,17,19). The second kappa shape index (κ2) is 7.68. The molecule has 0 radical (unpaired) electrons. The molecule has 2 amide bonds. The van der Waals surface area contributed by atoms with Crippen molar-refractivity contribution in [3.8, 4) is 5.75 Å². The fourth-order valence-electron chi connectivity index (χ4n) is 2.35. The smallest absolute Gasteiger partial charge is 0.317 e. The van der Waals surface area contributed by atoms with Crippen molar-refractivity contribution in [3.05, 3.63) is 29.8 Å². The third-order valence-electron chi connectivity index (χ3n) is 3.62. The topological polar surface area (TPSA) is 75.7 Å². The van der Waals surface area contributed by atoms with E-state index in [2.05, 4.69) is 5.32 Å². The van der Waals surface area contributed by atoms with Crippen molar-refractivity contribution in [1.82, 2.24) is 10.2 Å². The third kappa shape index (κ3) is 5.74. The number of hydrogen-bond donors (Lipinski definition) is 1. The summed E-state index contributed by atoms with van der Waals surface area (Å²) in [6.07, 6.45) is 0.869. The number of sulfone groups is 1. The van der Waals surface area contributed by atoms with Crippen LogP contribution in [0, 0.1) is 0 Å². The van der Waals surface area contributed by atoms with Crippen LogP contribution >= 0.6 is 0 Å². The molecule has 1 aliphatic heterocycles. The molecule has 7 heteroatoms. The van der Waals surface area contributed by atoms with Gasteiger partial charge in [0, 0.05) is 19.6 Å². The number of ether oxygens (including phenoxy) is 1. The van der Waals surface area contributed by atoms with Crippen molar-refractivity contribution >= 4 is 15.9 Å². The van der Waals surface area contributed by atoms with Crippen LogP contribution in [0.15, 0.2) is 24.3 Å². The Kier molecular flexibility index (Phi) is 5.87. The average Bonchev–Trinajstić information content (AvgIpc) is 2.48. The summed E-state index contributed by atoms with van der Waals surface area (Å²) in [6, 6.07) is 7.62. The van der Waals surface area contributed by atoms with Gasteiger partial charge in [0.2, 0.25) is 0 Å². The lowest BCUT2D eigenvalue weighted by atomic mass is 10.1. The summed E-state index contributed by atoms with van der Waals surface area (Å²) in [7, 11) is -2.96. The number of carbonyl (C=O) groups is 1. The first kappa shape index (κ1) is 17.6. The van der Waals surface area contributed by atoms with Crippen molar-refractivity contribution in [3.63, 3.8) is 0 Å². The number of nitrogens with one attached hydrogen (secondary N) is 1. The van der Waals surface area contributed by atoms with E-state index in [1.165, 1.54) is 0 Å². The van der Waals surface area contributed by atoms with Crippen LogP contribution in [0.2, 0.25) is 0 Å². The number of amides is 2. The number of nitrogens with zero attached hydrogens (tertiary/aromatic N) is 1. The van der Waals surface area contributed by atoms with Gasteiger partial charge in [0.25, 0.3) is 0 Å². The molecule has 1 heterocycles. The van der Waals surface area contributed by atoms with E-state index >= 15 is 0 Å². The molecule has 1 fully saturated rings. The lowest BCUT2D eigenvalue weighted by molar-refractivity contribution is 0.202. The Morgan fingerprint density at radius 3 is 2.39 bits per heavy atom. The van der Waals surface area contributed by atoms with Gasteiger partial charge in [0.15, 0.2) is 9.84 Å². The van der Waals surface area contributed by atoms with Crippen LogP contribution in [0.25, 0.3) is 0 Å². The maximum Gasteiger partial charge on any atom is 0.317 e. The van der Waals surface area contributed by atoms with Crippen LogP contribution < -0.4 is 10.1 Å². The van der Waals surface area contributed by atoms with Crippen LogP contribution in [-0.2, 0) is 16.3 Å². The van der Waals surface area contributed by atoms with E-state index in [0.29, 0.717) is 6.54 Å². The Labute approximate surface area is 137 Å². The zero-order valence-corrected chi connectivity index (χ0v) is 14.4. The Morgan fingerprint density at radius 1 is 1.22 bits per heavy atom. The van der Waals surface area contributed by atoms with E-state index in [-0.39, 0.29) is 36.7 Å². The highest BCUT2D eigenvalue weighted by Gasteiger charge is 2.24. The molecule has 23 heavy (non-hydrogen) atoms. The molecule has 0 saturated carbocycles. The molecule has 0 spiro atoms. The minimum atomic E-state index is -2.96. The van der Waals surface area contributed by atoms with Crippen LogP contribution in [0.1, 0.15) is 19.4 Å². The summed E-state index contributed by atoms with van der Waals surface area (Å²) in [5, 5.41) is 2.84. The number of rotatable bonds is 5. The lowest BCUT2D eigenvalue weighted by Crippen LogP contribution is -2.48. The van der Waals surface area contributed by atoms with Crippen LogP contribution in [-0.4, -0.2) is 56.6 Å². The third-order valence-corrected chi connectivity index (χ3v) is 5.23. The van der Waals surface area contributed by atoms with E-state index in [0.717, 1.165) is 17.7 Å². The van der Waals surface area contributed by atoms with Gasteiger partial charge in [-0.3, -0.25) is 0 Å². The second-order valence-electron chi connectivity index (χ2n) is 5.93. The van der Waals surface area contributed by atoms with Gasteiger partial charge >= 0.3 is 6.03 Å². The molecule has 0 aliphatic carbocycles. The van der Waals surface area contributed by atoms with E-state index in [4.69, 9.17) is 4.74 Å².